The standard InChI is InChI=1S/C24H23FN6O3/c1-13(2)30-11-17(20-22(26)28-12-29-23(20)30)21(32)14-7-8-19(34-3)18(9-14)31(24(27)33)16-6-4-5-15(25)10-16/h4-13H,1-3H3,(H2,27,33)(H2,26,28,29). The molecule has 2 amide bonds. The zero-order valence-electron chi connectivity index (χ0n) is 18.8. The van der Waals surface area contributed by atoms with Crippen molar-refractivity contribution in [2.24, 2.45) is 5.73 Å². The SMILES string of the molecule is COc1ccc(C(=O)c2cn(C(C)C)c3ncnc(N)c23)cc1N(C(N)=O)c1cccc(F)c1. The van der Waals surface area contributed by atoms with Crippen LogP contribution in [0.15, 0.2) is 55.0 Å². The molecule has 0 aliphatic heterocycles. The molecule has 0 spiro atoms. The van der Waals surface area contributed by atoms with E-state index in [-0.39, 0.29) is 40.3 Å². The number of rotatable bonds is 6. The van der Waals surface area contributed by atoms with Gasteiger partial charge in [-0.15, -0.1) is 0 Å². The third-order valence-electron chi connectivity index (χ3n) is 5.41. The van der Waals surface area contributed by atoms with E-state index < -0.39 is 11.8 Å². The minimum Gasteiger partial charge on any atom is -0.495 e. The number of fused-ring (bicyclic) bond motifs is 1. The van der Waals surface area contributed by atoms with E-state index in [1.54, 1.807) is 18.3 Å². The second-order valence-corrected chi connectivity index (χ2v) is 7.87. The number of anilines is 3. The van der Waals surface area contributed by atoms with Gasteiger partial charge >= 0.3 is 6.03 Å². The molecule has 4 aromatic rings. The van der Waals surface area contributed by atoms with Gasteiger partial charge in [0.2, 0.25) is 0 Å². The molecule has 174 valence electrons. The fourth-order valence-electron chi connectivity index (χ4n) is 3.84. The van der Waals surface area contributed by atoms with Gasteiger partial charge < -0.3 is 20.8 Å². The molecule has 2 heterocycles. The lowest BCUT2D eigenvalue weighted by molar-refractivity contribution is 0.104. The number of nitrogens with zero attached hydrogens (tertiary/aromatic N) is 4. The highest BCUT2D eigenvalue weighted by Crippen LogP contribution is 2.36. The summed E-state index contributed by atoms with van der Waals surface area (Å²) in [6.07, 6.45) is 3.03. The smallest absolute Gasteiger partial charge is 0.324 e. The normalized spacial score (nSPS) is 11.1. The molecule has 0 saturated carbocycles. The number of primary amides is 1. The Labute approximate surface area is 194 Å². The number of urea groups is 1. The molecule has 10 heteroatoms. The van der Waals surface area contributed by atoms with E-state index in [9.17, 15) is 14.0 Å². The van der Waals surface area contributed by atoms with Crippen molar-refractivity contribution in [2.45, 2.75) is 19.9 Å². The van der Waals surface area contributed by atoms with Gasteiger partial charge in [0.1, 0.15) is 29.4 Å². The fraction of sp³-hybridized carbons (Fsp3) is 0.167. The molecule has 0 aliphatic rings. The van der Waals surface area contributed by atoms with Crippen molar-refractivity contribution in [3.63, 3.8) is 0 Å². The lowest BCUT2D eigenvalue weighted by atomic mass is 10.0. The maximum absolute atomic E-state index is 13.9. The maximum atomic E-state index is 13.9. The molecule has 0 unspecified atom stereocenters. The summed E-state index contributed by atoms with van der Waals surface area (Å²) >= 11 is 0. The first-order chi connectivity index (χ1) is 16.2. The van der Waals surface area contributed by atoms with E-state index in [4.69, 9.17) is 16.2 Å². The summed E-state index contributed by atoms with van der Waals surface area (Å²) < 4.78 is 21.1. The average molecular weight is 462 g/mol. The number of carbonyl (C=O) groups excluding carboxylic acids is 2. The van der Waals surface area contributed by atoms with Crippen LogP contribution < -0.4 is 21.1 Å². The first-order valence-corrected chi connectivity index (χ1v) is 10.4. The predicted octanol–water partition coefficient (Wildman–Crippen LogP) is 4.19. The van der Waals surface area contributed by atoms with Crippen LogP contribution in [0.3, 0.4) is 0 Å². The van der Waals surface area contributed by atoms with Crippen molar-refractivity contribution in [1.82, 2.24) is 14.5 Å². The van der Waals surface area contributed by atoms with Gasteiger partial charge in [-0.25, -0.2) is 19.2 Å². The Morgan fingerprint density at radius 2 is 1.91 bits per heavy atom. The van der Waals surface area contributed by atoms with E-state index >= 15 is 0 Å². The number of benzene rings is 2. The highest BCUT2D eigenvalue weighted by Gasteiger charge is 2.25. The zero-order chi connectivity index (χ0) is 24.6. The molecule has 4 rings (SSSR count). The number of ketones is 1. The number of aromatic nitrogens is 3. The number of nitrogen functional groups attached to an aromatic ring is 1. The topological polar surface area (TPSA) is 129 Å². The van der Waals surface area contributed by atoms with Gasteiger partial charge in [-0.3, -0.25) is 9.69 Å². The number of hydrogen-bond acceptors (Lipinski definition) is 6. The van der Waals surface area contributed by atoms with Crippen molar-refractivity contribution >= 4 is 40.0 Å². The minimum absolute atomic E-state index is 0.0168. The molecule has 4 N–H and O–H groups in total. The van der Waals surface area contributed by atoms with Gasteiger partial charge in [0.05, 0.1) is 29.4 Å². The van der Waals surface area contributed by atoms with E-state index in [2.05, 4.69) is 9.97 Å². The Kier molecular flexibility index (Phi) is 5.89. The third-order valence-corrected chi connectivity index (χ3v) is 5.41. The number of carbonyl (C=O) groups is 2. The first-order valence-electron chi connectivity index (χ1n) is 10.4. The monoisotopic (exact) mass is 462 g/mol. The molecule has 2 aromatic heterocycles. The van der Waals surface area contributed by atoms with Crippen LogP contribution in [0.25, 0.3) is 11.0 Å². The largest absolute Gasteiger partial charge is 0.495 e. The number of methoxy groups -OCH3 is 1. The van der Waals surface area contributed by atoms with Gasteiger partial charge in [0.15, 0.2) is 5.78 Å². The Balaban J connectivity index is 1.89. The van der Waals surface area contributed by atoms with Crippen LogP contribution in [0.5, 0.6) is 5.75 Å². The van der Waals surface area contributed by atoms with Crippen LogP contribution in [0.4, 0.5) is 26.4 Å². The zero-order valence-corrected chi connectivity index (χ0v) is 18.8. The summed E-state index contributed by atoms with van der Waals surface area (Å²) in [5, 5.41) is 0.440. The van der Waals surface area contributed by atoms with E-state index in [0.29, 0.717) is 16.6 Å². The highest BCUT2D eigenvalue weighted by molar-refractivity contribution is 6.18. The van der Waals surface area contributed by atoms with Crippen LogP contribution in [-0.4, -0.2) is 33.5 Å². The summed E-state index contributed by atoms with van der Waals surface area (Å²) in [5.41, 5.74) is 13.2. The highest BCUT2D eigenvalue weighted by atomic mass is 19.1. The number of ether oxygens (including phenoxy) is 1. The molecule has 9 nitrogen and oxygen atoms in total. The van der Waals surface area contributed by atoms with E-state index in [1.807, 2.05) is 18.4 Å². The molecule has 0 aliphatic carbocycles. The summed E-state index contributed by atoms with van der Waals surface area (Å²) in [7, 11) is 1.42. The summed E-state index contributed by atoms with van der Waals surface area (Å²) in [6.45, 7) is 3.92. The van der Waals surface area contributed by atoms with Crippen molar-refractivity contribution in [3.8, 4) is 5.75 Å². The van der Waals surface area contributed by atoms with Crippen molar-refractivity contribution in [1.29, 1.82) is 0 Å². The van der Waals surface area contributed by atoms with Gasteiger partial charge in [-0.05, 0) is 50.2 Å². The van der Waals surface area contributed by atoms with Crippen molar-refractivity contribution in [2.75, 3.05) is 17.7 Å². The molecule has 34 heavy (non-hydrogen) atoms. The Hall–Kier alpha value is -4.47. The minimum atomic E-state index is -0.873. The number of hydrogen-bond donors (Lipinski definition) is 2. The lowest BCUT2D eigenvalue weighted by Gasteiger charge is -2.23. The van der Waals surface area contributed by atoms with E-state index in [1.165, 1.54) is 37.7 Å². The molecule has 0 saturated heterocycles. The van der Waals surface area contributed by atoms with Crippen molar-refractivity contribution < 1.29 is 18.7 Å². The molecular weight excluding hydrogens is 439 g/mol. The quantitative estimate of drug-likeness (QED) is 0.413. The lowest BCUT2D eigenvalue weighted by Crippen LogP contribution is -2.32. The molecule has 0 fully saturated rings. The second kappa shape index (κ2) is 8.81. The van der Waals surface area contributed by atoms with Gasteiger partial charge in [-0.1, -0.05) is 6.07 Å². The maximum Gasteiger partial charge on any atom is 0.324 e. The Morgan fingerprint density at radius 3 is 2.56 bits per heavy atom. The number of nitrogens with two attached hydrogens (primary N) is 2. The van der Waals surface area contributed by atoms with Crippen LogP contribution in [0.2, 0.25) is 0 Å². The summed E-state index contributed by atoms with van der Waals surface area (Å²) in [4.78, 5) is 35.4. The predicted molar refractivity (Wildman–Crippen MR) is 127 cm³/mol. The first kappa shape index (κ1) is 22.7. The Morgan fingerprint density at radius 1 is 1.15 bits per heavy atom. The van der Waals surface area contributed by atoms with Crippen LogP contribution in [-0.2, 0) is 0 Å². The Bertz CT molecular complexity index is 1420. The molecule has 0 atom stereocenters. The van der Waals surface area contributed by atoms with Gasteiger partial charge in [-0.2, -0.15) is 0 Å². The molecule has 2 aromatic carbocycles. The number of halogens is 1. The van der Waals surface area contributed by atoms with Crippen LogP contribution in [0, 0.1) is 5.82 Å². The number of amides is 2. The third kappa shape index (κ3) is 3.90. The molecule has 0 bridgehead atoms. The molecular formula is C24H23FN6O3. The van der Waals surface area contributed by atoms with Crippen LogP contribution >= 0.6 is 0 Å². The van der Waals surface area contributed by atoms with Gasteiger partial charge in [0.25, 0.3) is 0 Å². The van der Waals surface area contributed by atoms with E-state index in [0.717, 1.165) is 11.0 Å². The average Bonchev–Trinajstić information content (AvgIpc) is 3.20. The summed E-state index contributed by atoms with van der Waals surface area (Å²) in [6, 6.07) is 9.10. The second-order valence-electron chi connectivity index (χ2n) is 7.87. The summed E-state index contributed by atoms with van der Waals surface area (Å²) in [5.74, 6) is -0.461. The van der Waals surface area contributed by atoms with Crippen molar-refractivity contribution in [3.05, 3.63) is 71.9 Å². The molecule has 0 radical (unpaired) electrons. The fourth-order valence-corrected chi connectivity index (χ4v) is 3.84. The van der Waals surface area contributed by atoms with Crippen LogP contribution in [0.1, 0.15) is 35.8 Å². The van der Waals surface area contributed by atoms with Gasteiger partial charge in [0, 0.05) is 17.8 Å².